The van der Waals surface area contributed by atoms with Gasteiger partial charge >= 0.3 is 11.8 Å². The maximum Gasteiger partial charge on any atom is 0.329 e. The molecule has 0 unspecified atom stereocenters. The van der Waals surface area contributed by atoms with E-state index >= 15 is 0 Å². The maximum atomic E-state index is 11.2. The number of rotatable bonds is 4. The Kier molecular flexibility index (Phi) is 5.87. The summed E-state index contributed by atoms with van der Waals surface area (Å²) in [4.78, 5) is 22.4. The van der Waals surface area contributed by atoms with E-state index in [1.165, 1.54) is 6.21 Å². The molecular formula is C12H14ClN3O2. The number of amides is 2. The predicted molar refractivity (Wildman–Crippen MR) is 70.5 cm³/mol. The summed E-state index contributed by atoms with van der Waals surface area (Å²) >= 11 is 5.78. The standard InChI is InChI=1S/C12H14ClN3O2/c1-2-6-14-11(17)12(18)16-15-8-9-4-3-5-10(13)7-9/h3-5,7-8H,2,6H2,1H3,(H,14,17)(H,16,18)/b15-8-. The highest BCUT2D eigenvalue weighted by molar-refractivity contribution is 6.35. The van der Waals surface area contributed by atoms with Crippen LogP contribution < -0.4 is 10.7 Å². The van der Waals surface area contributed by atoms with Gasteiger partial charge in [-0.3, -0.25) is 9.59 Å². The van der Waals surface area contributed by atoms with Gasteiger partial charge in [0.2, 0.25) is 0 Å². The lowest BCUT2D eigenvalue weighted by molar-refractivity contribution is -0.139. The van der Waals surface area contributed by atoms with Crippen LogP contribution in [0.1, 0.15) is 18.9 Å². The summed E-state index contributed by atoms with van der Waals surface area (Å²) in [5.74, 6) is -1.48. The van der Waals surface area contributed by atoms with Crippen LogP contribution in [0.5, 0.6) is 0 Å². The Hall–Kier alpha value is -1.88. The number of hydrogen-bond acceptors (Lipinski definition) is 3. The minimum atomic E-state index is -0.790. The zero-order valence-corrected chi connectivity index (χ0v) is 10.7. The van der Waals surface area contributed by atoms with Gasteiger partial charge in [-0.05, 0) is 24.1 Å². The second-order valence-corrected chi connectivity index (χ2v) is 3.95. The number of carbonyl (C=O) groups is 2. The first-order chi connectivity index (χ1) is 8.63. The van der Waals surface area contributed by atoms with Gasteiger partial charge < -0.3 is 5.32 Å². The molecule has 0 atom stereocenters. The summed E-state index contributed by atoms with van der Waals surface area (Å²) in [7, 11) is 0. The third-order valence-corrected chi connectivity index (χ3v) is 2.21. The normalized spacial score (nSPS) is 10.3. The van der Waals surface area contributed by atoms with Gasteiger partial charge in [0.25, 0.3) is 0 Å². The molecule has 1 aromatic rings. The van der Waals surface area contributed by atoms with E-state index in [-0.39, 0.29) is 0 Å². The topological polar surface area (TPSA) is 70.6 Å². The van der Waals surface area contributed by atoms with Gasteiger partial charge in [-0.15, -0.1) is 0 Å². The Balaban J connectivity index is 2.45. The molecule has 0 bridgehead atoms. The zero-order chi connectivity index (χ0) is 13.4. The number of hydrazone groups is 1. The van der Waals surface area contributed by atoms with Crippen molar-refractivity contribution in [3.8, 4) is 0 Å². The molecule has 0 spiro atoms. The summed E-state index contributed by atoms with van der Waals surface area (Å²) in [5, 5.41) is 6.69. The lowest BCUT2D eigenvalue weighted by atomic mass is 10.2. The van der Waals surface area contributed by atoms with Crippen molar-refractivity contribution in [3.63, 3.8) is 0 Å². The highest BCUT2D eigenvalue weighted by Crippen LogP contribution is 2.08. The van der Waals surface area contributed by atoms with E-state index in [4.69, 9.17) is 11.6 Å². The van der Waals surface area contributed by atoms with Crippen molar-refractivity contribution in [2.24, 2.45) is 5.10 Å². The molecule has 0 aromatic heterocycles. The summed E-state index contributed by atoms with van der Waals surface area (Å²) in [6.07, 6.45) is 2.18. The third kappa shape index (κ3) is 4.97. The summed E-state index contributed by atoms with van der Waals surface area (Å²) < 4.78 is 0. The van der Waals surface area contributed by atoms with Crippen molar-refractivity contribution in [3.05, 3.63) is 34.9 Å². The number of halogens is 1. The number of benzene rings is 1. The van der Waals surface area contributed by atoms with Gasteiger partial charge in [0.1, 0.15) is 0 Å². The highest BCUT2D eigenvalue weighted by atomic mass is 35.5. The molecule has 0 heterocycles. The Morgan fingerprint density at radius 1 is 1.39 bits per heavy atom. The second-order valence-electron chi connectivity index (χ2n) is 3.51. The second kappa shape index (κ2) is 7.45. The lowest BCUT2D eigenvalue weighted by Crippen LogP contribution is -2.38. The van der Waals surface area contributed by atoms with E-state index < -0.39 is 11.8 Å². The quantitative estimate of drug-likeness (QED) is 0.491. The molecule has 0 radical (unpaired) electrons. The van der Waals surface area contributed by atoms with Crippen molar-refractivity contribution >= 4 is 29.6 Å². The smallest absolute Gasteiger partial charge is 0.329 e. The van der Waals surface area contributed by atoms with E-state index in [1.54, 1.807) is 24.3 Å². The Morgan fingerprint density at radius 3 is 2.83 bits per heavy atom. The molecule has 0 saturated heterocycles. The number of carbonyl (C=O) groups excluding carboxylic acids is 2. The molecule has 96 valence electrons. The molecular weight excluding hydrogens is 254 g/mol. The van der Waals surface area contributed by atoms with Crippen LogP contribution in [0.3, 0.4) is 0 Å². The molecule has 18 heavy (non-hydrogen) atoms. The van der Waals surface area contributed by atoms with Crippen LogP contribution in [-0.2, 0) is 9.59 Å². The largest absolute Gasteiger partial charge is 0.348 e. The minimum absolute atomic E-state index is 0.463. The van der Waals surface area contributed by atoms with Crippen LogP contribution in [-0.4, -0.2) is 24.6 Å². The molecule has 0 fully saturated rings. The van der Waals surface area contributed by atoms with Crippen molar-refractivity contribution in [2.45, 2.75) is 13.3 Å². The van der Waals surface area contributed by atoms with Gasteiger partial charge in [-0.1, -0.05) is 30.7 Å². The average Bonchev–Trinajstić information content (AvgIpc) is 2.35. The Bertz CT molecular complexity index is 460. The maximum absolute atomic E-state index is 11.2. The molecule has 1 aromatic carbocycles. The summed E-state index contributed by atoms with van der Waals surface area (Å²) in [6.45, 7) is 2.36. The lowest BCUT2D eigenvalue weighted by Gasteiger charge is -2.01. The van der Waals surface area contributed by atoms with Gasteiger partial charge in [-0.2, -0.15) is 5.10 Å². The molecule has 1 rings (SSSR count). The van der Waals surface area contributed by atoms with Gasteiger partial charge in [-0.25, -0.2) is 5.43 Å². The van der Waals surface area contributed by atoms with E-state index in [0.29, 0.717) is 11.6 Å². The first-order valence-corrected chi connectivity index (χ1v) is 5.88. The molecule has 5 nitrogen and oxygen atoms in total. The SMILES string of the molecule is CCCNC(=O)C(=O)N/N=C\c1cccc(Cl)c1. The molecule has 2 N–H and O–H groups in total. The van der Waals surface area contributed by atoms with Crippen LogP contribution >= 0.6 is 11.6 Å². The fourth-order valence-corrected chi connectivity index (χ4v) is 1.32. The fourth-order valence-electron chi connectivity index (χ4n) is 1.12. The van der Waals surface area contributed by atoms with Crippen molar-refractivity contribution in [1.29, 1.82) is 0 Å². The Morgan fingerprint density at radius 2 is 2.17 bits per heavy atom. The van der Waals surface area contributed by atoms with Crippen LogP contribution in [0, 0.1) is 0 Å². The average molecular weight is 268 g/mol. The van der Waals surface area contributed by atoms with E-state index in [2.05, 4.69) is 15.8 Å². The summed E-state index contributed by atoms with van der Waals surface area (Å²) in [5.41, 5.74) is 2.87. The molecule has 0 aliphatic heterocycles. The van der Waals surface area contributed by atoms with Crippen LogP contribution in [0.15, 0.2) is 29.4 Å². The van der Waals surface area contributed by atoms with Crippen LogP contribution in [0.2, 0.25) is 5.02 Å². The number of nitrogens with one attached hydrogen (secondary N) is 2. The molecule has 0 aliphatic carbocycles. The van der Waals surface area contributed by atoms with Gasteiger partial charge in [0.05, 0.1) is 6.21 Å². The minimum Gasteiger partial charge on any atom is -0.348 e. The predicted octanol–water partition coefficient (Wildman–Crippen LogP) is 1.32. The third-order valence-electron chi connectivity index (χ3n) is 1.97. The molecule has 2 amide bonds. The monoisotopic (exact) mass is 267 g/mol. The zero-order valence-electron chi connectivity index (χ0n) is 9.94. The van der Waals surface area contributed by atoms with Crippen molar-refractivity contribution in [1.82, 2.24) is 10.7 Å². The van der Waals surface area contributed by atoms with Crippen LogP contribution in [0.4, 0.5) is 0 Å². The number of nitrogens with zero attached hydrogens (tertiary/aromatic N) is 1. The Labute approximate surface area is 110 Å². The highest BCUT2D eigenvalue weighted by Gasteiger charge is 2.10. The molecule has 0 aliphatic rings. The van der Waals surface area contributed by atoms with E-state index in [0.717, 1.165) is 12.0 Å². The van der Waals surface area contributed by atoms with Gasteiger partial charge in [0.15, 0.2) is 0 Å². The first kappa shape index (κ1) is 14.2. The van der Waals surface area contributed by atoms with E-state index in [9.17, 15) is 9.59 Å². The molecule has 6 heteroatoms. The number of hydrogen-bond donors (Lipinski definition) is 2. The first-order valence-electron chi connectivity index (χ1n) is 5.50. The van der Waals surface area contributed by atoms with Gasteiger partial charge in [0, 0.05) is 11.6 Å². The fraction of sp³-hybridized carbons (Fsp3) is 0.250. The van der Waals surface area contributed by atoms with Crippen molar-refractivity contribution in [2.75, 3.05) is 6.54 Å². The van der Waals surface area contributed by atoms with Crippen LogP contribution in [0.25, 0.3) is 0 Å². The molecule has 0 saturated carbocycles. The van der Waals surface area contributed by atoms with Crippen molar-refractivity contribution < 1.29 is 9.59 Å². The van der Waals surface area contributed by atoms with E-state index in [1.807, 2.05) is 6.92 Å². The summed E-state index contributed by atoms with van der Waals surface area (Å²) in [6, 6.07) is 6.96.